The van der Waals surface area contributed by atoms with Crippen molar-refractivity contribution < 1.29 is 31.1 Å². The number of hydrogen-bond acceptors (Lipinski definition) is 2. The maximum atomic E-state index is 12.9. The van der Waals surface area contributed by atoms with Crippen LogP contribution in [-0.2, 0) is 4.79 Å². The van der Waals surface area contributed by atoms with E-state index in [4.69, 9.17) is 5.73 Å². The van der Waals surface area contributed by atoms with Crippen LogP contribution in [0.15, 0.2) is 0 Å². The monoisotopic (exact) mass is 356 g/mol. The lowest BCUT2D eigenvalue weighted by molar-refractivity contribution is -0.334. The molecule has 0 aromatic carbocycles. The summed E-state index contributed by atoms with van der Waals surface area (Å²) in [5, 5.41) is 0. The first kappa shape index (κ1) is 21.3. The summed E-state index contributed by atoms with van der Waals surface area (Å²) in [6, 6.07) is -1.08. The van der Waals surface area contributed by atoms with Gasteiger partial charge in [0.05, 0.1) is 6.04 Å². The van der Waals surface area contributed by atoms with Crippen LogP contribution >= 0.6 is 12.4 Å². The number of rotatable bonds is 3. The molecule has 1 aliphatic rings. The number of carbonyl (C=O) groups is 1. The first-order valence-corrected chi connectivity index (χ1v) is 6.49. The van der Waals surface area contributed by atoms with Crippen LogP contribution in [0.1, 0.15) is 26.7 Å². The largest absolute Gasteiger partial charge is 0.404 e. The van der Waals surface area contributed by atoms with Gasteiger partial charge in [0.1, 0.15) is 0 Å². The predicted molar refractivity (Wildman–Crippen MR) is 70.4 cm³/mol. The molecular formula is C12H19ClF6N2O. The highest BCUT2D eigenvalue weighted by atomic mass is 35.5. The SMILES string of the molecule is CC(C)C[C@H](N)C(=O)N1CCC(C(F)(F)F)(C(F)(F)F)C1.Cl. The molecule has 1 amide bonds. The summed E-state index contributed by atoms with van der Waals surface area (Å²) < 4.78 is 77.2. The molecule has 0 saturated carbocycles. The molecule has 0 aromatic heterocycles. The Hall–Kier alpha value is -0.700. The lowest BCUT2D eigenvalue weighted by atomic mass is 9.85. The van der Waals surface area contributed by atoms with Crippen molar-refractivity contribution in [1.29, 1.82) is 0 Å². The van der Waals surface area contributed by atoms with Crippen molar-refractivity contribution in [2.24, 2.45) is 17.1 Å². The molecule has 1 heterocycles. The zero-order chi connectivity index (χ0) is 16.6. The van der Waals surface area contributed by atoms with Crippen LogP contribution in [0.2, 0.25) is 0 Å². The average Bonchev–Trinajstić information content (AvgIpc) is 2.71. The molecular weight excluding hydrogens is 338 g/mol. The molecule has 0 aromatic rings. The average molecular weight is 357 g/mol. The number of carbonyl (C=O) groups excluding carboxylic acids is 1. The van der Waals surface area contributed by atoms with E-state index >= 15 is 0 Å². The molecule has 132 valence electrons. The lowest BCUT2D eigenvalue weighted by Gasteiger charge is -2.33. The third-order valence-electron chi connectivity index (χ3n) is 3.71. The smallest absolute Gasteiger partial charge is 0.340 e. The van der Waals surface area contributed by atoms with Gasteiger partial charge in [-0.25, -0.2) is 0 Å². The highest BCUT2D eigenvalue weighted by Crippen LogP contribution is 2.55. The third kappa shape index (κ3) is 3.98. The molecule has 22 heavy (non-hydrogen) atoms. The highest BCUT2D eigenvalue weighted by Gasteiger charge is 2.72. The summed E-state index contributed by atoms with van der Waals surface area (Å²) in [7, 11) is 0. The van der Waals surface area contributed by atoms with Gasteiger partial charge in [-0.1, -0.05) is 13.8 Å². The Morgan fingerprint density at radius 1 is 1.18 bits per heavy atom. The van der Waals surface area contributed by atoms with Crippen LogP contribution in [0.25, 0.3) is 0 Å². The first-order valence-electron chi connectivity index (χ1n) is 6.49. The maximum absolute atomic E-state index is 12.9. The fourth-order valence-electron chi connectivity index (χ4n) is 2.46. The van der Waals surface area contributed by atoms with Gasteiger partial charge in [0, 0.05) is 13.1 Å². The molecule has 0 spiro atoms. The van der Waals surface area contributed by atoms with Gasteiger partial charge in [0.15, 0.2) is 5.41 Å². The summed E-state index contributed by atoms with van der Waals surface area (Å²) in [5.74, 6) is -0.847. The molecule has 0 aliphatic carbocycles. The number of alkyl halides is 6. The topological polar surface area (TPSA) is 46.3 Å². The molecule has 1 aliphatic heterocycles. The van der Waals surface area contributed by atoms with Crippen LogP contribution in [0.4, 0.5) is 26.3 Å². The zero-order valence-corrected chi connectivity index (χ0v) is 12.9. The van der Waals surface area contributed by atoms with Crippen molar-refractivity contribution in [3.63, 3.8) is 0 Å². The van der Waals surface area contributed by atoms with E-state index in [0.717, 1.165) is 0 Å². The molecule has 10 heteroatoms. The van der Waals surface area contributed by atoms with E-state index in [-0.39, 0.29) is 24.7 Å². The van der Waals surface area contributed by atoms with Crippen molar-refractivity contribution in [3.05, 3.63) is 0 Å². The minimum Gasteiger partial charge on any atom is -0.340 e. The summed E-state index contributed by atoms with van der Waals surface area (Å²) in [5.41, 5.74) is 1.70. The van der Waals surface area contributed by atoms with E-state index in [1.54, 1.807) is 13.8 Å². The molecule has 1 fully saturated rings. The van der Waals surface area contributed by atoms with Crippen molar-refractivity contribution in [1.82, 2.24) is 4.90 Å². The molecule has 1 rings (SSSR count). The van der Waals surface area contributed by atoms with Crippen LogP contribution in [0.5, 0.6) is 0 Å². The second-order valence-corrected chi connectivity index (χ2v) is 5.82. The van der Waals surface area contributed by atoms with Crippen LogP contribution in [-0.4, -0.2) is 42.3 Å². The van der Waals surface area contributed by atoms with E-state index in [9.17, 15) is 31.1 Å². The van der Waals surface area contributed by atoms with Gasteiger partial charge in [-0.05, 0) is 18.8 Å². The van der Waals surface area contributed by atoms with E-state index < -0.39 is 49.2 Å². The van der Waals surface area contributed by atoms with Gasteiger partial charge < -0.3 is 10.6 Å². The summed E-state index contributed by atoms with van der Waals surface area (Å²) in [6.45, 7) is 1.51. The Bertz CT molecular complexity index is 382. The Labute approximate surface area is 130 Å². The minimum atomic E-state index is -5.46. The number of likely N-dealkylation sites (tertiary alicyclic amines) is 1. The number of amides is 1. The van der Waals surface area contributed by atoms with E-state index in [1.165, 1.54) is 0 Å². The summed E-state index contributed by atoms with van der Waals surface area (Å²) in [6.07, 6.45) is -11.9. The van der Waals surface area contributed by atoms with Gasteiger partial charge in [-0.15, -0.1) is 12.4 Å². The highest BCUT2D eigenvalue weighted by molar-refractivity contribution is 5.85. The first-order chi connectivity index (χ1) is 9.32. The van der Waals surface area contributed by atoms with Gasteiger partial charge in [0.25, 0.3) is 0 Å². The van der Waals surface area contributed by atoms with E-state index in [0.29, 0.717) is 4.90 Å². The quantitative estimate of drug-likeness (QED) is 0.790. The second-order valence-electron chi connectivity index (χ2n) is 5.82. The maximum Gasteiger partial charge on any atom is 0.404 e. The number of hydrogen-bond donors (Lipinski definition) is 1. The molecule has 0 radical (unpaired) electrons. The Balaban J connectivity index is 0.00000441. The van der Waals surface area contributed by atoms with Crippen LogP contribution < -0.4 is 5.73 Å². The zero-order valence-electron chi connectivity index (χ0n) is 12.1. The van der Waals surface area contributed by atoms with Gasteiger partial charge in [0.2, 0.25) is 5.91 Å². The van der Waals surface area contributed by atoms with Crippen molar-refractivity contribution >= 4 is 18.3 Å². The van der Waals surface area contributed by atoms with Crippen molar-refractivity contribution in [3.8, 4) is 0 Å². The second kappa shape index (κ2) is 6.82. The standard InChI is InChI=1S/C12H18F6N2O.ClH/c1-7(2)5-8(19)9(21)20-4-3-10(6-20,11(13,14)15)12(16,17)18;/h7-8H,3-6,19H2,1-2H3;1H/t8-;/m0./s1. The summed E-state index contributed by atoms with van der Waals surface area (Å²) in [4.78, 5) is 12.5. The van der Waals surface area contributed by atoms with E-state index in [1.807, 2.05) is 0 Å². The molecule has 2 N–H and O–H groups in total. The third-order valence-corrected chi connectivity index (χ3v) is 3.71. The normalized spacial score (nSPS) is 20.0. The summed E-state index contributed by atoms with van der Waals surface area (Å²) >= 11 is 0. The molecule has 1 atom stereocenters. The fraction of sp³-hybridized carbons (Fsp3) is 0.917. The number of halogens is 7. The molecule has 0 unspecified atom stereocenters. The number of nitrogens with zero attached hydrogens (tertiary/aromatic N) is 1. The van der Waals surface area contributed by atoms with Crippen LogP contribution in [0, 0.1) is 11.3 Å². The van der Waals surface area contributed by atoms with Crippen LogP contribution in [0.3, 0.4) is 0 Å². The van der Waals surface area contributed by atoms with Crippen molar-refractivity contribution in [2.75, 3.05) is 13.1 Å². The number of nitrogens with two attached hydrogens (primary N) is 1. The molecule has 3 nitrogen and oxygen atoms in total. The molecule has 1 saturated heterocycles. The lowest BCUT2D eigenvalue weighted by Crippen LogP contribution is -2.53. The van der Waals surface area contributed by atoms with Gasteiger partial charge in [-0.3, -0.25) is 4.79 Å². The Morgan fingerprint density at radius 2 is 1.64 bits per heavy atom. The van der Waals surface area contributed by atoms with Gasteiger partial charge in [-0.2, -0.15) is 26.3 Å². The Kier molecular flexibility index (Phi) is 6.60. The minimum absolute atomic E-state index is 0. The predicted octanol–water partition coefficient (Wildman–Crippen LogP) is 3.12. The Morgan fingerprint density at radius 3 is 1.95 bits per heavy atom. The molecule has 0 bridgehead atoms. The van der Waals surface area contributed by atoms with E-state index in [2.05, 4.69) is 0 Å². The van der Waals surface area contributed by atoms with Gasteiger partial charge >= 0.3 is 12.4 Å². The van der Waals surface area contributed by atoms with Crippen molar-refractivity contribution in [2.45, 2.75) is 45.1 Å². The fourth-order valence-corrected chi connectivity index (χ4v) is 2.46.